The molecule has 18 heavy (non-hydrogen) atoms. The molecule has 94 valence electrons. The molecule has 0 aliphatic rings. The van der Waals surface area contributed by atoms with Gasteiger partial charge in [0.05, 0.1) is 4.47 Å². The summed E-state index contributed by atoms with van der Waals surface area (Å²) in [6, 6.07) is 6.08. The Kier molecular flexibility index (Phi) is 4.28. The highest BCUT2D eigenvalue weighted by Crippen LogP contribution is 2.31. The molecule has 5 heteroatoms. The first kappa shape index (κ1) is 13.0. The Labute approximate surface area is 113 Å². The molecular formula is C13H12BrFN2O. The Balaban J connectivity index is 2.30. The molecule has 1 aromatic carbocycles. The first-order valence-corrected chi connectivity index (χ1v) is 6.20. The fourth-order valence-electron chi connectivity index (χ4n) is 1.51. The van der Waals surface area contributed by atoms with Crippen molar-refractivity contribution < 1.29 is 9.13 Å². The lowest BCUT2D eigenvalue weighted by Gasteiger charge is -2.11. The van der Waals surface area contributed by atoms with E-state index in [1.807, 2.05) is 7.05 Å². The molecule has 0 spiro atoms. The van der Waals surface area contributed by atoms with E-state index in [1.165, 1.54) is 12.1 Å². The number of ether oxygens (including phenoxy) is 1. The lowest BCUT2D eigenvalue weighted by molar-refractivity contribution is 0.465. The number of hydrogen-bond donors (Lipinski definition) is 1. The maximum atomic E-state index is 13.2. The van der Waals surface area contributed by atoms with Crippen LogP contribution >= 0.6 is 15.9 Å². The van der Waals surface area contributed by atoms with Crippen LogP contribution < -0.4 is 10.1 Å². The van der Waals surface area contributed by atoms with Crippen molar-refractivity contribution in [3.05, 3.63) is 52.5 Å². The van der Waals surface area contributed by atoms with Crippen LogP contribution in [0.15, 0.2) is 41.1 Å². The first-order valence-electron chi connectivity index (χ1n) is 5.41. The van der Waals surface area contributed by atoms with Crippen molar-refractivity contribution >= 4 is 15.9 Å². The maximum Gasteiger partial charge on any atom is 0.144 e. The number of halogens is 2. The zero-order chi connectivity index (χ0) is 13.0. The summed E-state index contributed by atoms with van der Waals surface area (Å²) in [6.45, 7) is 0.635. The van der Waals surface area contributed by atoms with E-state index in [9.17, 15) is 4.39 Å². The molecule has 1 N–H and O–H groups in total. The molecule has 0 fully saturated rings. The molecule has 0 aliphatic heterocycles. The van der Waals surface area contributed by atoms with E-state index >= 15 is 0 Å². The molecular weight excluding hydrogens is 299 g/mol. The molecule has 0 unspecified atom stereocenters. The standard InChI is InChI=1S/C13H12BrFN2O/c1-16-7-9-8-17-5-4-12(9)18-13-6-10(15)2-3-11(13)14/h2-6,8,16H,7H2,1H3. The Morgan fingerprint density at radius 1 is 1.33 bits per heavy atom. The fourth-order valence-corrected chi connectivity index (χ4v) is 1.84. The highest BCUT2D eigenvalue weighted by Gasteiger charge is 2.08. The Morgan fingerprint density at radius 2 is 2.17 bits per heavy atom. The van der Waals surface area contributed by atoms with Crippen molar-refractivity contribution in [1.82, 2.24) is 10.3 Å². The number of rotatable bonds is 4. The molecule has 0 aliphatic carbocycles. The van der Waals surface area contributed by atoms with Gasteiger partial charge in [0.2, 0.25) is 0 Å². The average Bonchev–Trinajstić information content (AvgIpc) is 2.36. The molecule has 0 saturated carbocycles. The van der Waals surface area contributed by atoms with Crippen LogP contribution in [-0.2, 0) is 6.54 Å². The van der Waals surface area contributed by atoms with Gasteiger partial charge >= 0.3 is 0 Å². The molecule has 0 amide bonds. The van der Waals surface area contributed by atoms with Crippen LogP contribution in [0, 0.1) is 5.82 Å². The van der Waals surface area contributed by atoms with Crippen molar-refractivity contribution in [2.45, 2.75) is 6.54 Å². The third kappa shape index (κ3) is 3.05. The molecule has 3 nitrogen and oxygen atoms in total. The lowest BCUT2D eigenvalue weighted by atomic mass is 10.2. The Bertz CT molecular complexity index is 548. The van der Waals surface area contributed by atoms with Gasteiger partial charge in [0.25, 0.3) is 0 Å². The van der Waals surface area contributed by atoms with Crippen LogP contribution in [0.25, 0.3) is 0 Å². The second kappa shape index (κ2) is 5.93. The normalized spacial score (nSPS) is 10.4. The van der Waals surface area contributed by atoms with Gasteiger partial charge < -0.3 is 10.1 Å². The van der Waals surface area contributed by atoms with Crippen molar-refractivity contribution in [2.75, 3.05) is 7.05 Å². The van der Waals surface area contributed by atoms with E-state index in [0.29, 0.717) is 22.5 Å². The second-order valence-electron chi connectivity index (χ2n) is 3.69. The highest BCUT2D eigenvalue weighted by molar-refractivity contribution is 9.10. The van der Waals surface area contributed by atoms with E-state index in [0.717, 1.165) is 5.56 Å². The molecule has 2 rings (SSSR count). The van der Waals surface area contributed by atoms with Gasteiger partial charge in [-0.3, -0.25) is 4.98 Å². The van der Waals surface area contributed by atoms with Crippen molar-refractivity contribution in [3.8, 4) is 11.5 Å². The molecule has 1 heterocycles. The minimum atomic E-state index is -0.336. The van der Waals surface area contributed by atoms with Crippen LogP contribution in [0.3, 0.4) is 0 Å². The van der Waals surface area contributed by atoms with Gasteiger partial charge in [-0.05, 0) is 41.2 Å². The van der Waals surface area contributed by atoms with Gasteiger partial charge in [-0.1, -0.05) is 0 Å². The predicted octanol–water partition coefficient (Wildman–Crippen LogP) is 3.49. The summed E-state index contributed by atoms with van der Waals surface area (Å²) in [5, 5.41) is 3.03. The SMILES string of the molecule is CNCc1cnccc1Oc1cc(F)ccc1Br. The third-order valence-corrected chi connectivity index (χ3v) is 2.99. The predicted molar refractivity (Wildman–Crippen MR) is 71.2 cm³/mol. The van der Waals surface area contributed by atoms with Crippen molar-refractivity contribution in [1.29, 1.82) is 0 Å². The van der Waals surface area contributed by atoms with Gasteiger partial charge in [0, 0.05) is 30.6 Å². The monoisotopic (exact) mass is 310 g/mol. The van der Waals surface area contributed by atoms with E-state index in [4.69, 9.17) is 4.74 Å². The number of nitrogens with zero attached hydrogens (tertiary/aromatic N) is 1. The Morgan fingerprint density at radius 3 is 2.94 bits per heavy atom. The van der Waals surface area contributed by atoms with E-state index in [-0.39, 0.29) is 5.82 Å². The third-order valence-electron chi connectivity index (χ3n) is 2.34. The molecule has 1 aromatic heterocycles. The van der Waals surface area contributed by atoms with Crippen molar-refractivity contribution in [2.24, 2.45) is 0 Å². The van der Waals surface area contributed by atoms with Crippen LogP contribution in [0.4, 0.5) is 4.39 Å². The molecule has 0 saturated heterocycles. The molecule has 0 bridgehead atoms. The van der Waals surface area contributed by atoms with Crippen LogP contribution in [0.1, 0.15) is 5.56 Å². The largest absolute Gasteiger partial charge is 0.456 e. The molecule has 2 aromatic rings. The topological polar surface area (TPSA) is 34.2 Å². The van der Waals surface area contributed by atoms with Crippen molar-refractivity contribution in [3.63, 3.8) is 0 Å². The summed E-state index contributed by atoms with van der Waals surface area (Å²) in [6.07, 6.45) is 3.36. The summed E-state index contributed by atoms with van der Waals surface area (Å²) in [7, 11) is 1.84. The molecule has 0 atom stereocenters. The second-order valence-corrected chi connectivity index (χ2v) is 4.54. The van der Waals surface area contributed by atoms with E-state index in [1.54, 1.807) is 24.5 Å². The van der Waals surface area contributed by atoms with Crippen LogP contribution in [-0.4, -0.2) is 12.0 Å². The van der Waals surface area contributed by atoms with Gasteiger partial charge in [0.15, 0.2) is 0 Å². The summed E-state index contributed by atoms with van der Waals surface area (Å²) >= 11 is 3.33. The van der Waals surface area contributed by atoms with Gasteiger partial charge in [-0.15, -0.1) is 0 Å². The highest BCUT2D eigenvalue weighted by atomic mass is 79.9. The van der Waals surface area contributed by atoms with Gasteiger partial charge in [-0.25, -0.2) is 4.39 Å². The number of nitrogens with one attached hydrogen (secondary N) is 1. The zero-order valence-corrected chi connectivity index (χ0v) is 11.4. The number of benzene rings is 1. The Hall–Kier alpha value is -1.46. The summed E-state index contributed by atoms with van der Waals surface area (Å²) in [4.78, 5) is 4.04. The minimum absolute atomic E-state index is 0.336. The quantitative estimate of drug-likeness (QED) is 0.938. The zero-order valence-electron chi connectivity index (χ0n) is 9.78. The number of pyridine rings is 1. The van der Waals surface area contributed by atoms with Gasteiger partial charge in [0.1, 0.15) is 17.3 Å². The fraction of sp³-hybridized carbons (Fsp3) is 0.154. The number of hydrogen-bond acceptors (Lipinski definition) is 3. The molecule has 0 radical (unpaired) electrons. The lowest BCUT2D eigenvalue weighted by Crippen LogP contribution is -2.06. The summed E-state index contributed by atoms with van der Waals surface area (Å²) in [5.41, 5.74) is 0.913. The summed E-state index contributed by atoms with van der Waals surface area (Å²) in [5.74, 6) is 0.765. The average molecular weight is 311 g/mol. The minimum Gasteiger partial charge on any atom is -0.456 e. The van der Waals surface area contributed by atoms with Gasteiger partial charge in [-0.2, -0.15) is 0 Å². The van der Waals surface area contributed by atoms with Crippen LogP contribution in [0.2, 0.25) is 0 Å². The smallest absolute Gasteiger partial charge is 0.144 e. The summed E-state index contributed by atoms with van der Waals surface area (Å²) < 4.78 is 19.6. The first-order chi connectivity index (χ1) is 8.70. The van der Waals surface area contributed by atoms with E-state index in [2.05, 4.69) is 26.2 Å². The number of aromatic nitrogens is 1. The van der Waals surface area contributed by atoms with E-state index < -0.39 is 0 Å². The van der Waals surface area contributed by atoms with Crippen LogP contribution in [0.5, 0.6) is 11.5 Å². The maximum absolute atomic E-state index is 13.2.